The van der Waals surface area contributed by atoms with Crippen LogP contribution in [0.15, 0.2) is 42.6 Å². The van der Waals surface area contributed by atoms with Crippen LogP contribution in [0.3, 0.4) is 0 Å². The second-order valence-electron chi connectivity index (χ2n) is 9.05. The zero-order valence-electron chi connectivity index (χ0n) is 18.4. The van der Waals surface area contributed by atoms with E-state index < -0.39 is 29.7 Å². The van der Waals surface area contributed by atoms with Gasteiger partial charge in [0.1, 0.15) is 5.82 Å². The Morgan fingerprint density at radius 3 is 2.65 bits per heavy atom. The van der Waals surface area contributed by atoms with E-state index >= 15 is 0 Å². The highest BCUT2D eigenvalue weighted by molar-refractivity contribution is 6.07. The van der Waals surface area contributed by atoms with Crippen LogP contribution in [0.25, 0.3) is 0 Å². The molecule has 3 amide bonds. The van der Waals surface area contributed by atoms with Crippen LogP contribution in [0.4, 0.5) is 29.5 Å². The number of anilines is 2. The molecule has 4 N–H and O–H groups in total. The van der Waals surface area contributed by atoms with Crippen molar-refractivity contribution in [2.24, 2.45) is 5.92 Å². The Labute approximate surface area is 194 Å². The van der Waals surface area contributed by atoms with E-state index in [4.69, 9.17) is 5.73 Å². The monoisotopic (exact) mass is 474 g/mol. The molecule has 3 aliphatic heterocycles. The summed E-state index contributed by atoms with van der Waals surface area (Å²) >= 11 is 0. The van der Waals surface area contributed by atoms with Crippen molar-refractivity contribution in [2.75, 3.05) is 24.2 Å². The van der Waals surface area contributed by atoms with E-state index in [1.54, 1.807) is 12.3 Å². The van der Waals surface area contributed by atoms with Crippen LogP contribution in [-0.4, -0.2) is 53.5 Å². The lowest BCUT2D eigenvalue weighted by Gasteiger charge is -2.54. The normalized spacial score (nSPS) is 29.6. The lowest BCUT2D eigenvalue weighted by Crippen LogP contribution is -2.75. The van der Waals surface area contributed by atoms with Gasteiger partial charge in [-0.1, -0.05) is 12.1 Å². The quantitative estimate of drug-likeness (QED) is 0.618. The number of aromatic nitrogens is 1. The molecule has 0 aliphatic carbocycles. The third kappa shape index (κ3) is 3.78. The predicted molar refractivity (Wildman–Crippen MR) is 119 cm³/mol. The Kier molecular flexibility index (Phi) is 5.48. The second-order valence-corrected chi connectivity index (χ2v) is 9.05. The van der Waals surface area contributed by atoms with Gasteiger partial charge < -0.3 is 16.4 Å². The summed E-state index contributed by atoms with van der Waals surface area (Å²) in [5, 5.41) is 6.97. The maximum atomic E-state index is 13.4. The second kappa shape index (κ2) is 8.24. The molecule has 5 unspecified atom stereocenters. The number of amides is 3. The summed E-state index contributed by atoms with van der Waals surface area (Å²) in [5.74, 6) is -0.546. The van der Waals surface area contributed by atoms with E-state index in [9.17, 15) is 22.8 Å². The van der Waals surface area contributed by atoms with Crippen LogP contribution in [0.1, 0.15) is 30.0 Å². The minimum atomic E-state index is -4.55. The minimum absolute atomic E-state index is 0.0449. The van der Waals surface area contributed by atoms with Gasteiger partial charge in [0.2, 0.25) is 5.91 Å². The Morgan fingerprint density at radius 2 is 1.94 bits per heavy atom. The molecule has 180 valence electrons. The molecular weight excluding hydrogens is 449 g/mol. The lowest BCUT2D eigenvalue weighted by molar-refractivity contribution is -0.138. The molecule has 4 heterocycles. The van der Waals surface area contributed by atoms with Gasteiger partial charge in [0, 0.05) is 43.6 Å². The zero-order valence-corrected chi connectivity index (χ0v) is 18.4. The molecule has 11 heteroatoms. The van der Waals surface area contributed by atoms with E-state index in [0.29, 0.717) is 12.4 Å². The van der Waals surface area contributed by atoms with Gasteiger partial charge in [-0.3, -0.25) is 14.6 Å². The molecule has 34 heavy (non-hydrogen) atoms. The first kappa shape index (κ1) is 22.6. The van der Waals surface area contributed by atoms with Crippen LogP contribution < -0.4 is 21.3 Å². The lowest BCUT2D eigenvalue weighted by atomic mass is 9.76. The third-order valence-corrected chi connectivity index (χ3v) is 7.08. The van der Waals surface area contributed by atoms with E-state index in [2.05, 4.69) is 15.6 Å². The molecule has 0 spiro atoms. The molecule has 3 fully saturated rings. The van der Waals surface area contributed by atoms with Crippen molar-refractivity contribution < 1.29 is 22.8 Å². The summed E-state index contributed by atoms with van der Waals surface area (Å²) in [4.78, 5) is 32.8. The molecule has 2 aromatic rings. The molecule has 1 aromatic heterocycles. The number of halogens is 3. The average Bonchev–Trinajstić information content (AvgIpc) is 2.82. The topological polar surface area (TPSA) is 104 Å². The number of hydrogen-bond acceptors (Lipinski definition) is 6. The van der Waals surface area contributed by atoms with Crippen molar-refractivity contribution in [3.05, 3.63) is 53.7 Å². The number of urea groups is 1. The van der Waals surface area contributed by atoms with Gasteiger partial charge in [-0.2, -0.15) is 13.2 Å². The molecule has 3 saturated heterocycles. The standard InChI is InChI=1S/C23H25F3N6O2/c1-31-21(33)15-11-28-17-7-6-16(12-5-8-18(27)29-10-12)30-19(17)20(15)32(22(31)34)14-4-2-3-13(9-14)23(24,25)26/h2-5,8-10,15-17,19-20,28,30H,6-7,11H2,1H3,(H2,27,29). The number of alkyl halides is 3. The number of benzene rings is 1. The van der Waals surface area contributed by atoms with Crippen LogP contribution in [-0.2, 0) is 11.0 Å². The zero-order chi connectivity index (χ0) is 24.2. The van der Waals surface area contributed by atoms with Crippen molar-refractivity contribution in [1.29, 1.82) is 0 Å². The number of nitrogen functional groups attached to an aromatic ring is 1. The molecule has 0 saturated carbocycles. The molecule has 8 nitrogen and oxygen atoms in total. The van der Waals surface area contributed by atoms with Crippen molar-refractivity contribution in [2.45, 2.75) is 43.2 Å². The summed E-state index contributed by atoms with van der Waals surface area (Å²) in [5.41, 5.74) is 5.91. The number of fused-ring (bicyclic) bond motifs is 3. The van der Waals surface area contributed by atoms with Gasteiger partial charge >= 0.3 is 12.2 Å². The Balaban J connectivity index is 1.54. The smallest absolute Gasteiger partial charge is 0.384 e. The number of imide groups is 1. The largest absolute Gasteiger partial charge is 0.416 e. The van der Waals surface area contributed by atoms with Crippen molar-refractivity contribution in [3.8, 4) is 0 Å². The number of carbonyl (C=O) groups is 2. The number of pyridine rings is 1. The first-order chi connectivity index (χ1) is 16.1. The van der Waals surface area contributed by atoms with Gasteiger partial charge in [-0.05, 0) is 42.7 Å². The fraction of sp³-hybridized carbons (Fsp3) is 0.435. The molecule has 1 aromatic carbocycles. The highest BCUT2D eigenvalue weighted by Gasteiger charge is 2.54. The van der Waals surface area contributed by atoms with E-state index in [1.807, 2.05) is 6.07 Å². The molecule has 0 bridgehead atoms. The van der Waals surface area contributed by atoms with Gasteiger partial charge in [-0.15, -0.1) is 0 Å². The van der Waals surface area contributed by atoms with E-state index in [-0.39, 0.29) is 29.7 Å². The average molecular weight is 474 g/mol. The van der Waals surface area contributed by atoms with Gasteiger partial charge in [0.05, 0.1) is 17.5 Å². The fourth-order valence-electron chi connectivity index (χ4n) is 5.38. The summed E-state index contributed by atoms with van der Waals surface area (Å²) < 4.78 is 40.3. The molecule has 0 radical (unpaired) electrons. The van der Waals surface area contributed by atoms with Gasteiger partial charge in [0.25, 0.3) is 0 Å². The maximum Gasteiger partial charge on any atom is 0.416 e. The maximum absolute atomic E-state index is 13.4. The number of carbonyl (C=O) groups excluding carboxylic acids is 2. The van der Waals surface area contributed by atoms with Gasteiger partial charge in [0.15, 0.2) is 0 Å². The van der Waals surface area contributed by atoms with E-state index in [1.165, 1.54) is 24.1 Å². The number of piperidine rings is 2. The fourth-order valence-corrected chi connectivity index (χ4v) is 5.38. The summed E-state index contributed by atoms with van der Waals surface area (Å²) in [6.07, 6.45) is -1.30. The van der Waals surface area contributed by atoms with Crippen molar-refractivity contribution >= 4 is 23.4 Å². The highest BCUT2D eigenvalue weighted by atomic mass is 19.4. The third-order valence-electron chi connectivity index (χ3n) is 7.08. The van der Waals surface area contributed by atoms with Crippen LogP contribution in [0.2, 0.25) is 0 Å². The number of nitrogens with zero attached hydrogens (tertiary/aromatic N) is 3. The molecule has 5 rings (SSSR count). The molecule has 3 aliphatic rings. The number of nitrogens with one attached hydrogen (secondary N) is 2. The predicted octanol–water partition coefficient (Wildman–Crippen LogP) is 2.53. The molecular formula is C23H25F3N6O2. The van der Waals surface area contributed by atoms with Crippen LogP contribution in [0.5, 0.6) is 0 Å². The van der Waals surface area contributed by atoms with Crippen LogP contribution in [0, 0.1) is 5.92 Å². The first-order valence-electron chi connectivity index (χ1n) is 11.1. The summed E-state index contributed by atoms with van der Waals surface area (Å²) in [6, 6.07) is 6.53. The molecule has 5 atom stereocenters. The Morgan fingerprint density at radius 1 is 1.15 bits per heavy atom. The SMILES string of the molecule is CN1C(=O)C2CNC3CCC(c4ccc(N)nc4)NC3C2N(c2cccc(C(F)(F)F)c2)C1=O. The van der Waals surface area contributed by atoms with Gasteiger partial charge in [-0.25, -0.2) is 9.78 Å². The highest BCUT2D eigenvalue weighted by Crippen LogP contribution is 2.39. The van der Waals surface area contributed by atoms with Crippen molar-refractivity contribution in [1.82, 2.24) is 20.5 Å². The Bertz CT molecular complexity index is 1110. The number of hydrogen-bond donors (Lipinski definition) is 3. The first-order valence-corrected chi connectivity index (χ1v) is 11.1. The number of nitrogens with two attached hydrogens (primary N) is 1. The summed E-state index contributed by atoms with van der Waals surface area (Å²) in [7, 11) is 1.37. The summed E-state index contributed by atoms with van der Waals surface area (Å²) in [6.45, 7) is 0.341. The minimum Gasteiger partial charge on any atom is -0.384 e. The Hall–Kier alpha value is -3.18. The van der Waals surface area contributed by atoms with E-state index in [0.717, 1.165) is 35.4 Å². The number of rotatable bonds is 2. The van der Waals surface area contributed by atoms with Crippen molar-refractivity contribution in [3.63, 3.8) is 0 Å². The van der Waals surface area contributed by atoms with Crippen LogP contribution >= 0.6 is 0 Å².